The normalized spacial score (nSPS) is 17.4. The lowest BCUT2D eigenvalue weighted by atomic mass is 9.88. The van der Waals surface area contributed by atoms with Crippen molar-refractivity contribution in [2.75, 3.05) is 0 Å². The van der Waals surface area contributed by atoms with Crippen molar-refractivity contribution in [1.82, 2.24) is 0 Å². The summed E-state index contributed by atoms with van der Waals surface area (Å²) in [5.74, 6) is -39.7. The molecule has 0 fully saturated rings. The topological polar surface area (TPSA) is 20.2 Å². The average molecular weight is 558 g/mol. The Labute approximate surface area is 191 Å². The van der Waals surface area contributed by atoms with Crippen LogP contribution in [-0.2, 0) is 5.22 Å². The minimum atomic E-state index is -8.09. The number of rotatable bonds is 7. The largest absolute Gasteiger partial charge is 0.460 e. The standard InChI is InChI=1S/C19H20F14OSi/c1-12(2,3)35(4,5)13(34,10-6-8-11(20)9-7-10)14(21,22)15(23,24)16(25,26)17(27,28)18(29,30)19(31,32)33/h6-9,34H,1-5H3. The molecule has 35 heavy (non-hydrogen) atoms. The van der Waals surface area contributed by atoms with Crippen LogP contribution in [0.3, 0.4) is 0 Å². The minimum Gasteiger partial charge on any atom is -0.382 e. The Balaban J connectivity index is 4.08. The lowest BCUT2D eigenvalue weighted by Crippen LogP contribution is -2.77. The van der Waals surface area contributed by atoms with E-state index in [9.17, 15) is 57.8 Å². The third-order valence-corrected chi connectivity index (χ3v) is 12.6. The van der Waals surface area contributed by atoms with E-state index in [2.05, 4.69) is 0 Å². The van der Waals surface area contributed by atoms with Gasteiger partial charge in [-0.15, -0.1) is 0 Å². The van der Waals surface area contributed by atoms with Crippen molar-refractivity contribution in [3.8, 4) is 0 Å². The van der Waals surface area contributed by atoms with Crippen LogP contribution < -0.4 is 0 Å². The van der Waals surface area contributed by atoms with Gasteiger partial charge in [-0.25, -0.2) is 4.39 Å². The number of hydrogen-bond donors (Lipinski definition) is 1. The highest BCUT2D eigenvalue weighted by Crippen LogP contribution is 2.65. The van der Waals surface area contributed by atoms with Crippen LogP contribution in [0.2, 0.25) is 18.1 Å². The van der Waals surface area contributed by atoms with Gasteiger partial charge in [-0.3, -0.25) is 0 Å². The molecule has 0 saturated carbocycles. The second kappa shape index (κ2) is 8.21. The average Bonchev–Trinajstić information content (AvgIpc) is 2.65. The molecule has 0 spiro atoms. The number of alkyl halides is 13. The molecule has 0 aromatic heterocycles. The molecule has 16 heteroatoms. The molecule has 0 heterocycles. The van der Waals surface area contributed by atoms with Crippen LogP contribution in [0.25, 0.3) is 0 Å². The molecule has 1 unspecified atom stereocenters. The Hall–Kier alpha value is -1.58. The van der Waals surface area contributed by atoms with Crippen LogP contribution >= 0.6 is 0 Å². The molecule has 0 aliphatic rings. The Kier molecular flexibility index (Phi) is 7.38. The van der Waals surface area contributed by atoms with Gasteiger partial charge in [0.05, 0.1) is 0 Å². The minimum absolute atomic E-state index is 0.250. The Morgan fingerprint density at radius 2 is 0.886 bits per heavy atom. The molecule has 0 amide bonds. The molecule has 0 radical (unpaired) electrons. The van der Waals surface area contributed by atoms with Gasteiger partial charge in [0.15, 0.2) is 0 Å². The third-order valence-electron chi connectivity index (χ3n) is 6.43. The monoisotopic (exact) mass is 558 g/mol. The molecule has 0 aliphatic heterocycles. The van der Waals surface area contributed by atoms with Crippen molar-refractivity contribution < 1.29 is 66.6 Å². The third kappa shape index (κ3) is 4.02. The van der Waals surface area contributed by atoms with E-state index in [0.29, 0.717) is 12.1 Å². The predicted octanol–water partition coefficient (Wildman–Crippen LogP) is 7.80. The van der Waals surface area contributed by atoms with Gasteiger partial charge < -0.3 is 5.11 Å². The molecular weight excluding hydrogens is 538 g/mol. The summed E-state index contributed by atoms with van der Waals surface area (Å²) in [4.78, 5) is 0. The highest BCUT2D eigenvalue weighted by Gasteiger charge is 2.93. The summed E-state index contributed by atoms with van der Waals surface area (Å²) >= 11 is 0. The van der Waals surface area contributed by atoms with Crippen LogP contribution in [-0.4, -0.2) is 49.0 Å². The van der Waals surface area contributed by atoms with E-state index in [1.165, 1.54) is 0 Å². The summed E-state index contributed by atoms with van der Waals surface area (Å²) in [5.41, 5.74) is -1.38. The van der Waals surface area contributed by atoms with Gasteiger partial charge in [0.1, 0.15) is 19.1 Å². The molecular formula is C19H20F14OSi. The van der Waals surface area contributed by atoms with Crippen molar-refractivity contribution in [2.45, 2.75) is 79.9 Å². The summed E-state index contributed by atoms with van der Waals surface area (Å²) in [5, 5.41) is 4.84. The summed E-state index contributed by atoms with van der Waals surface area (Å²) in [6, 6.07) is 1.15. The number of aliphatic hydroxyl groups is 1. The van der Waals surface area contributed by atoms with E-state index in [0.717, 1.165) is 33.9 Å². The Morgan fingerprint density at radius 3 is 1.20 bits per heavy atom. The van der Waals surface area contributed by atoms with Gasteiger partial charge in [-0.1, -0.05) is 46.0 Å². The van der Waals surface area contributed by atoms with E-state index < -0.39 is 65.5 Å². The summed E-state index contributed by atoms with van der Waals surface area (Å²) in [6.45, 7) is 4.70. The first-order valence-electron chi connectivity index (χ1n) is 9.44. The fraction of sp³-hybridized carbons (Fsp3) is 0.684. The smallest absolute Gasteiger partial charge is 0.382 e. The van der Waals surface area contributed by atoms with Crippen LogP contribution in [0.4, 0.5) is 61.5 Å². The van der Waals surface area contributed by atoms with E-state index in [-0.39, 0.29) is 12.1 Å². The van der Waals surface area contributed by atoms with Crippen molar-refractivity contribution in [3.63, 3.8) is 0 Å². The van der Waals surface area contributed by atoms with E-state index in [1.807, 2.05) is 0 Å². The quantitative estimate of drug-likeness (QED) is 0.268. The van der Waals surface area contributed by atoms with E-state index in [1.54, 1.807) is 0 Å². The summed E-state index contributed by atoms with van der Waals surface area (Å²) in [6.07, 6.45) is -7.54. The van der Waals surface area contributed by atoms with Crippen molar-refractivity contribution >= 4 is 8.07 Å². The molecule has 1 N–H and O–H groups in total. The maximum atomic E-state index is 15.4. The lowest BCUT2D eigenvalue weighted by molar-refractivity contribution is -0.447. The zero-order valence-electron chi connectivity index (χ0n) is 18.5. The van der Waals surface area contributed by atoms with Crippen LogP contribution in [0.5, 0.6) is 0 Å². The highest BCUT2D eigenvalue weighted by molar-refractivity contribution is 6.82. The predicted molar refractivity (Wildman–Crippen MR) is 98.3 cm³/mol. The number of halogens is 14. The summed E-state index contributed by atoms with van der Waals surface area (Å²) < 4.78 is 193. The lowest BCUT2D eigenvalue weighted by Gasteiger charge is -2.54. The van der Waals surface area contributed by atoms with Gasteiger partial charge in [0, 0.05) is 0 Å². The Bertz CT molecular complexity index is 915. The molecule has 1 nitrogen and oxygen atoms in total. The molecule has 0 bridgehead atoms. The molecule has 1 aromatic rings. The van der Waals surface area contributed by atoms with Crippen LogP contribution in [0.15, 0.2) is 24.3 Å². The zero-order chi connectivity index (χ0) is 28.5. The Morgan fingerprint density at radius 1 is 0.571 bits per heavy atom. The molecule has 0 aliphatic carbocycles. The first kappa shape index (κ1) is 31.4. The second-order valence-corrected chi connectivity index (χ2v) is 14.9. The van der Waals surface area contributed by atoms with Gasteiger partial charge >= 0.3 is 35.8 Å². The fourth-order valence-electron chi connectivity index (χ4n) is 3.17. The second-order valence-electron chi connectivity index (χ2n) is 9.46. The van der Waals surface area contributed by atoms with Gasteiger partial charge in [0.2, 0.25) is 0 Å². The van der Waals surface area contributed by atoms with Crippen molar-refractivity contribution in [3.05, 3.63) is 35.6 Å². The molecule has 1 aromatic carbocycles. The van der Waals surface area contributed by atoms with E-state index >= 15 is 8.78 Å². The maximum absolute atomic E-state index is 15.4. The number of hydrogen-bond acceptors (Lipinski definition) is 1. The first-order chi connectivity index (χ1) is 15.0. The van der Waals surface area contributed by atoms with Crippen LogP contribution in [0, 0.1) is 5.82 Å². The number of benzene rings is 1. The first-order valence-corrected chi connectivity index (χ1v) is 12.4. The summed E-state index contributed by atoms with van der Waals surface area (Å²) in [7, 11) is -4.67. The molecule has 1 rings (SSSR count). The SMILES string of the molecule is CC(C)(C)[Si](C)(C)C(O)(c1ccc(F)cc1)C(F)(F)C(F)(F)C(F)(F)C(F)(F)C(F)(F)C(F)(F)F. The van der Waals surface area contributed by atoms with Gasteiger partial charge in [-0.2, -0.15) is 57.1 Å². The van der Waals surface area contributed by atoms with Crippen molar-refractivity contribution in [1.29, 1.82) is 0 Å². The molecule has 1 atom stereocenters. The van der Waals surface area contributed by atoms with Crippen molar-refractivity contribution in [2.24, 2.45) is 0 Å². The fourth-order valence-corrected chi connectivity index (χ4v) is 6.08. The zero-order valence-corrected chi connectivity index (χ0v) is 19.5. The maximum Gasteiger partial charge on any atom is 0.460 e. The van der Waals surface area contributed by atoms with Gasteiger partial charge in [-0.05, 0) is 22.7 Å². The van der Waals surface area contributed by atoms with Crippen LogP contribution in [0.1, 0.15) is 26.3 Å². The van der Waals surface area contributed by atoms with E-state index in [4.69, 9.17) is 0 Å². The molecule has 0 saturated heterocycles. The molecule has 204 valence electrons. The highest BCUT2D eigenvalue weighted by atomic mass is 28.3. The van der Waals surface area contributed by atoms with Gasteiger partial charge in [0.25, 0.3) is 0 Å².